The van der Waals surface area contributed by atoms with Gasteiger partial charge in [0.2, 0.25) is 23.6 Å². The fourth-order valence-electron chi connectivity index (χ4n) is 3.47. The summed E-state index contributed by atoms with van der Waals surface area (Å²) in [6.45, 7) is 3.54. The van der Waals surface area contributed by atoms with E-state index >= 15 is 0 Å². The molecule has 1 rings (SSSR count). The monoisotopic (exact) mass is 522 g/mol. The average molecular weight is 523 g/mol. The molecule has 0 radical (unpaired) electrons. The number of carboxylic acid groups (broad SMARTS) is 1. The number of hydrogen-bond donors (Lipinski definition) is 8. The van der Waals surface area contributed by atoms with Crippen LogP contribution < -0.4 is 33.2 Å². The lowest BCUT2D eigenvalue weighted by Gasteiger charge is -2.25. The van der Waals surface area contributed by atoms with Gasteiger partial charge in [0.25, 0.3) is 0 Å². The number of primary amides is 1. The van der Waals surface area contributed by atoms with Crippen molar-refractivity contribution in [3.05, 3.63) is 29.8 Å². The molecule has 206 valence electrons. The number of aliphatic carboxylic acids is 1. The van der Waals surface area contributed by atoms with E-state index in [4.69, 9.17) is 17.2 Å². The fraction of sp³-hybridized carbons (Fsp3) is 0.542. The lowest BCUT2D eigenvalue weighted by atomic mass is 10.0. The standard InChI is InChI=1S/C24H38N6O7/c1-13(2)20(24(36)37)30-23(35)18(12-19(27)32)29-22(34)17(5-3-4-10-25)28-21(33)16(26)11-14-6-8-15(31)9-7-14/h6-9,13,16-18,20,31H,3-5,10-12,25-26H2,1-2H3,(H2,27,32)(H,28,33)(H,29,34)(H,30,35)(H,36,37). The number of hydrogen-bond acceptors (Lipinski definition) is 8. The number of benzene rings is 1. The Bertz CT molecular complexity index is 938. The number of carboxylic acids is 1. The Balaban J connectivity index is 2.98. The van der Waals surface area contributed by atoms with Gasteiger partial charge in [-0.2, -0.15) is 0 Å². The molecule has 0 heterocycles. The number of amides is 4. The summed E-state index contributed by atoms with van der Waals surface area (Å²) in [6.07, 6.45) is 0.783. The Hall–Kier alpha value is -3.71. The molecule has 13 nitrogen and oxygen atoms in total. The molecule has 1 aromatic carbocycles. The number of rotatable bonds is 16. The van der Waals surface area contributed by atoms with Crippen LogP contribution in [0.15, 0.2) is 24.3 Å². The highest BCUT2D eigenvalue weighted by Crippen LogP contribution is 2.11. The number of phenolic OH excluding ortho intramolecular Hbond substituents is 1. The maximum Gasteiger partial charge on any atom is 0.326 e. The third-order valence-electron chi connectivity index (χ3n) is 5.58. The SMILES string of the molecule is CC(C)C(NC(=O)C(CC(N)=O)NC(=O)C(CCCCN)NC(=O)C(N)Cc1ccc(O)cc1)C(=O)O. The van der Waals surface area contributed by atoms with Crippen LogP contribution in [0.3, 0.4) is 0 Å². The Morgan fingerprint density at radius 1 is 0.892 bits per heavy atom. The molecular weight excluding hydrogens is 484 g/mol. The summed E-state index contributed by atoms with van der Waals surface area (Å²) in [6, 6.07) is 1.32. The maximum atomic E-state index is 13.1. The van der Waals surface area contributed by atoms with Gasteiger partial charge in [0, 0.05) is 0 Å². The number of aromatic hydroxyl groups is 1. The number of unbranched alkanes of at least 4 members (excludes halogenated alkanes) is 1. The summed E-state index contributed by atoms with van der Waals surface area (Å²) >= 11 is 0. The van der Waals surface area contributed by atoms with Crippen LogP contribution in [0.1, 0.15) is 45.1 Å². The van der Waals surface area contributed by atoms with Crippen molar-refractivity contribution in [3.63, 3.8) is 0 Å². The molecule has 0 aliphatic heterocycles. The minimum absolute atomic E-state index is 0.0658. The number of nitrogens with one attached hydrogen (secondary N) is 3. The Labute approximate surface area is 215 Å². The minimum Gasteiger partial charge on any atom is -0.508 e. The van der Waals surface area contributed by atoms with Crippen LogP contribution in [0.4, 0.5) is 0 Å². The van der Waals surface area contributed by atoms with Crippen LogP contribution in [-0.4, -0.2) is 70.5 Å². The normalized spacial score (nSPS) is 14.2. The molecule has 0 saturated heterocycles. The zero-order valence-corrected chi connectivity index (χ0v) is 21.1. The van der Waals surface area contributed by atoms with Gasteiger partial charge in [-0.25, -0.2) is 4.79 Å². The van der Waals surface area contributed by atoms with Gasteiger partial charge in [-0.1, -0.05) is 26.0 Å². The molecule has 0 aliphatic carbocycles. The summed E-state index contributed by atoms with van der Waals surface area (Å²) in [7, 11) is 0. The third-order valence-corrected chi connectivity index (χ3v) is 5.58. The van der Waals surface area contributed by atoms with E-state index in [0.717, 1.165) is 0 Å². The highest BCUT2D eigenvalue weighted by atomic mass is 16.4. The predicted octanol–water partition coefficient (Wildman–Crippen LogP) is -1.54. The second-order valence-corrected chi connectivity index (χ2v) is 9.12. The van der Waals surface area contributed by atoms with E-state index in [1.165, 1.54) is 12.1 Å². The first-order valence-corrected chi connectivity index (χ1v) is 12.0. The zero-order valence-electron chi connectivity index (χ0n) is 21.1. The molecule has 0 bridgehead atoms. The first kappa shape index (κ1) is 31.3. The number of nitrogens with two attached hydrogens (primary N) is 3. The van der Waals surface area contributed by atoms with Crippen molar-refractivity contribution in [1.29, 1.82) is 0 Å². The minimum atomic E-state index is -1.45. The Morgan fingerprint density at radius 2 is 1.46 bits per heavy atom. The molecule has 13 heteroatoms. The summed E-state index contributed by atoms with van der Waals surface area (Å²) in [5.74, 6) is -4.86. The van der Waals surface area contributed by atoms with Crippen LogP contribution in [-0.2, 0) is 30.4 Å². The van der Waals surface area contributed by atoms with Crippen LogP contribution in [0, 0.1) is 5.92 Å². The van der Waals surface area contributed by atoms with Gasteiger partial charge >= 0.3 is 5.97 Å². The van der Waals surface area contributed by atoms with E-state index in [1.54, 1.807) is 26.0 Å². The van der Waals surface area contributed by atoms with E-state index in [2.05, 4.69) is 16.0 Å². The maximum absolute atomic E-state index is 13.1. The lowest BCUT2D eigenvalue weighted by molar-refractivity contribution is -0.143. The van der Waals surface area contributed by atoms with Crippen molar-refractivity contribution in [2.45, 2.75) is 70.1 Å². The van der Waals surface area contributed by atoms with Crippen LogP contribution in [0.2, 0.25) is 0 Å². The van der Waals surface area contributed by atoms with E-state index in [-0.39, 0.29) is 18.6 Å². The highest BCUT2D eigenvalue weighted by Gasteiger charge is 2.32. The van der Waals surface area contributed by atoms with Crippen molar-refractivity contribution in [2.24, 2.45) is 23.1 Å². The van der Waals surface area contributed by atoms with Crippen molar-refractivity contribution >= 4 is 29.6 Å². The van der Waals surface area contributed by atoms with E-state index < -0.39 is 66.1 Å². The molecule has 11 N–H and O–H groups in total. The first-order chi connectivity index (χ1) is 17.3. The van der Waals surface area contributed by atoms with Crippen molar-refractivity contribution < 1.29 is 34.2 Å². The molecule has 0 aliphatic rings. The van der Waals surface area contributed by atoms with Crippen LogP contribution in [0.5, 0.6) is 5.75 Å². The molecule has 0 saturated carbocycles. The summed E-state index contributed by atoms with van der Waals surface area (Å²) in [5, 5.41) is 26.0. The summed E-state index contributed by atoms with van der Waals surface area (Å²) < 4.78 is 0. The Morgan fingerprint density at radius 3 is 1.97 bits per heavy atom. The number of carbonyl (C=O) groups excluding carboxylic acids is 4. The largest absolute Gasteiger partial charge is 0.508 e. The quantitative estimate of drug-likeness (QED) is 0.117. The van der Waals surface area contributed by atoms with Gasteiger partial charge < -0.3 is 43.4 Å². The second-order valence-electron chi connectivity index (χ2n) is 9.12. The van der Waals surface area contributed by atoms with E-state index in [0.29, 0.717) is 24.9 Å². The molecule has 1 aromatic rings. The Kier molecular flexibility index (Phi) is 13.0. The van der Waals surface area contributed by atoms with Crippen LogP contribution >= 0.6 is 0 Å². The topological polar surface area (TPSA) is 240 Å². The molecule has 4 atom stereocenters. The lowest BCUT2D eigenvalue weighted by Crippen LogP contribution is -2.58. The van der Waals surface area contributed by atoms with Gasteiger partial charge in [0.05, 0.1) is 12.5 Å². The summed E-state index contributed by atoms with van der Waals surface area (Å²) in [5.41, 5.74) is 17.5. The highest BCUT2D eigenvalue weighted by molar-refractivity contribution is 5.96. The molecule has 4 amide bonds. The molecule has 4 unspecified atom stereocenters. The van der Waals surface area contributed by atoms with Crippen molar-refractivity contribution in [3.8, 4) is 5.75 Å². The first-order valence-electron chi connectivity index (χ1n) is 12.0. The third kappa shape index (κ3) is 11.3. The summed E-state index contributed by atoms with van der Waals surface area (Å²) in [4.78, 5) is 61.6. The number of carbonyl (C=O) groups is 5. The smallest absolute Gasteiger partial charge is 0.326 e. The zero-order chi connectivity index (χ0) is 28.1. The average Bonchev–Trinajstić information content (AvgIpc) is 2.81. The van der Waals surface area contributed by atoms with E-state index in [1.807, 2.05) is 0 Å². The second kappa shape index (κ2) is 15.4. The molecule has 0 spiro atoms. The van der Waals surface area contributed by atoms with E-state index in [9.17, 15) is 34.2 Å². The van der Waals surface area contributed by atoms with Crippen LogP contribution in [0.25, 0.3) is 0 Å². The molecular formula is C24H38N6O7. The van der Waals surface area contributed by atoms with Gasteiger partial charge in [-0.05, 0) is 55.8 Å². The predicted molar refractivity (Wildman–Crippen MR) is 135 cm³/mol. The van der Waals surface area contributed by atoms with Gasteiger partial charge in [0.15, 0.2) is 0 Å². The molecule has 0 aromatic heterocycles. The van der Waals surface area contributed by atoms with Crippen molar-refractivity contribution in [1.82, 2.24) is 16.0 Å². The molecule has 0 fully saturated rings. The number of phenols is 1. The van der Waals surface area contributed by atoms with Crippen molar-refractivity contribution in [2.75, 3.05) is 6.54 Å². The fourth-order valence-corrected chi connectivity index (χ4v) is 3.47. The van der Waals surface area contributed by atoms with Gasteiger partial charge in [-0.3, -0.25) is 19.2 Å². The van der Waals surface area contributed by atoms with Gasteiger partial charge in [-0.15, -0.1) is 0 Å². The van der Waals surface area contributed by atoms with Gasteiger partial charge in [0.1, 0.15) is 23.9 Å². The molecule has 37 heavy (non-hydrogen) atoms.